The first-order valence-electron chi connectivity index (χ1n) is 7.39. The number of carbonyl (C=O) groups is 1. The SMILES string of the molecule is O=C(CSc1nc2ccccc2o1)N/N=C\c1cccc(C(F)(F)F)c1. The van der Waals surface area contributed by atoms with E-state index in [0.717, 1.165) is 30.1 Å². The molecule has 26 heavy (non-hydrogen) atoms. The minimum Gasteiger partial charge on any atom is -0.431 e. The number of nitrogens with zero attached hydrogens (tertiary/aromatic N) is 2. The molecule has 3 rings (SSSR count). The molecular formula is C17H12F3N3O2S. The lowest BCUT2D eigenvalue weighted by Gasteiger charge is -2.06. The molecule has 1 amide bonds. The topological polar surface area (TPSA) is 67.5 Å². The molecule has 1 N–H and O–H groups in total. The van der Waals surface area contributed by atoms with E-state index in [9.17, 15) is 18.0 Å². The Hall–Kier alpha value is -2.81. The zero-order chi connectivity index (χ0) is 18.6. The Morgan fingerprint density at radius 1 is 1.23 bits per heavy atom. The van der Waals surface area contributed by atoms with E-state index in [-0.39, 0.29) is 11.3 Å². The number of halogens is 3. The van der Waals surface area contributed by atoms with Gasteiger partial charge in [0.05, 0.1) is 17.5 Å². The summed E-state index contributed by atoms with van der Waals surface area (Å²) in [5.74, 6) is -0.423. The number of hydrazone groups is 1. The minimum atomic E-state index is -4.43. The maximum Gasteiger partial charge on any atom is 0.416 e. The van der Waals surface area contributed by atoms with Gasteiger partial charge in [-0.3, -0.25) is 4.79 Å². The Bertz CT molecular complexity index is 921. The number of rotatable bonds is 5. The zero-order valence-electron chi connectivity index (χ0n) is 13.2. The van der Waals surface area contributed by atoms with Crippen LogP contribution in [0, 0.1) is 0 Å². The number of thioether (sulfide) groups is 1. The molecule has 0 atom stereocenters. The number of hydrogen-bond acceptors (Lipinski definition) is 5. The molecule has 0 aliphatic carbocycles. The lowest BCUT2D eigenvalue weighted by Crippen LogP contribution is -2.19. The van der Waals surface area contributed by atoms with E-state index >= 15 is 0 Å². The van der Waals surface area contributed by atoms with E-state index < -0.39 is 17.6 Å². The summed E-state index contributed by atoms with van der Waals surface area (Å²) in [6, 6.07) is 11.8. The van der Waals surface area contributed by atoms with Gasteiger partial charge < -0.3 is 4.42 Å². The van der Waals surface area contributed by atoms with Crippen molar-refractivity contribution in [3.63, 3.8) is 0 Å². The van der Waals surface area contributed by atoms with Gasteiger partial charge in [-0.15, -0.1) is 0 Å². The van der Waals surface area contributed by atoms with Crippen LogP contribution in [-0.2, 0) is 11.0 Å². The highest BCUT2D eigenvalue weighted by Gasteiger charge is 2.30. The first kappa shape index (κ1) is 18.0. The van der Waals surface area contributed by atoms with Crippen LogP contribution < -0.4 is 5.43 Å². The summed E-state index contributed by atoms with van der Waals surface area (Å²) in [5, 5.41) is 4.01. The number of hydrogen-bond donors (Lipinski definition) is 1. The van der Waals surface area contributed by atoms with Gasteiger partial charge in [0.25, 0.3) is 11.1 Å². The summed E-state index contributed by atoms with van der Waals surface area (Å²) < 4.78 is 43.3. The number of carbonyl (C=O) groups excluding carboxylic acids is 1. The zero-order valence-corrected chi connectivity index (χ0v) is 14.0. The van der Waals surface area contributed by atoms with Gasteiger partial charge in [-0.05, 0) is 29.8 Å². The molecular weight excluding hydrogens is 367 g/mol. The molecule has 0 unspecified atom stereocenters. The number of oxazole rings is 1. The molecule has 0 fully saturated rings. The van der Waals surface area contributed by atoms with Crippen molar-refractivity contribution in [2.24, 2.45) is 5.10 Å². The van der Waals surface area contributed by atoms with E-state index in [1.165, 1.54) is 12.1 Å². The van der Waals surface area contributed by atoms with Crippen LogP contribution in [0.3, 0.4) is 0 Å². The molecule has 5 nitrogen and oxygen atoms in total. The third-order valence-electron chi connectivity index (χ3n) is 3.22. The van der Waals surface area contributed by atoms with Crippen LogP contribution in [0.1, 0.15) is 11.1 Å². The van der Waals surface area contributed by atoms with Crippen LogP contribution in [0.4, 0.5) is 13.2 Å². The average Bonchev–Trinajstić information content (AvgIpc) is 3.02. The second-order valence-electron chi connectivity index (χ2n) is 5.15. The Morgan fingerprint density at radius 2 is 2.04 bits per heavy atom. The van der Waals surface area contributed by atoms with Crippen molar-refractivity contribution in [3.05, 3.63) is 59.7 Å². The molecule has 0 spiro atoms. The first-order valence-corrected chi connectivity index (χ1v) is 8.38. The Labute approximate surface area is 150 Å². The largest absolute Gasteiger partial charge is 0.431 e. The van der Waals surface area contributed by atoms with Crippen molar-refractivity contribution in [1.82, 2.24) is 10.4 Å². The second kappa shape index (κ2) is 7.61. The average molecular weight is 379 g/mol. The molecule has 0 radical (unpaired) electrons. The highest BCUT2D eigenvalue weighted by Crippen LogP contribution is 2.29. The third-order valence-corrected chi connectivity index (χ3v) is 4.05. The smallest absolute Gasteiger partial charge is 0.416 e. The van der Waals surface area contributed by atoms with Gasteiger partial charge >= 0.3 is 6.18 Å². The predicted octanol–water partition coefficient (Wildman–Crippen LogP) is 4.09. The van der Waals surface area contributed by atoms with Gasteiger partial charge in [-0.25, -0.2) is 10.4 Å². The van der Waals surface area contributed by atoms with E-state index in [1.54, 1.807) is 12.1 Å². The quantitative estimate of drug-likeness (QED) is 0.412. The minimum absolute atomic E-state index is 0.00670. The molecule has 0 aliphatic rings. The van der Waals surface area contributed by atoms with Crippen molar-refractivity contribution in [3.8, 4) is 0 Å². The first-order chi connectivity index (χ1) is 12.4. The monoisotopic (exact) mass is 379 g/mol. The number of para-hydroxylation sites is 2. The van der Waals surface area contributed by atoms with Crippen molar-refractivity contribution in [2.45, 2.75) is 11.4 Å². The highest BCUT2D eigenvalue weighted by atomic mass is 32.2. The molecule has 1 aromatic heterocycles. The maximum absolute atomic E-state index is 12.6. The van der Waals surface area contributed by atoms with Crippen LogP contribution in [0.2, 0.25) is 0 Å². The number of benzene rings is 2. The fraction of sp³-hybridized carbons (Fsp3) is 0.118. The van der Waals surface area contributed by atoms with Crippen molar-refractivity contribution >= 4 is 35.0 Å². The van der Waals surface area contributed by atoms with Crippen LogP contribution >= 0.6 is 11.8 Å². The number of aromatic nitrogens is 1. The highest BCUT2D eigenvalue weighted by molar-refractivity contribution is 7.99. The molecule has 2 aromatic carbocycles. The summed E-state index contributed by atoms with van der Waals surface area (Å²) in [4.78, 5) is 16.0. The number of alkyl halides is 3. The van der Waals surface area contributed by atoms with E-state index in [1.807, 2.05) is 12.1 Å². The molecule has 1 heterocycles. The van der Waals surface area contributed by atoms with Crippen molar-refractivity contribution < 1.29 is 22.4 Å². The number of amides is 1. The van der Waals surface area contributed by atoms with Gasteiger partial charge in [0, 0.05) is 0 Å². The Kier molecular flexibility index (Phi) is 5.27. The summed E-state index contributed by atoms with van der Waals surface area (Å²) >= 11 is 1.09. The lowest BCUT2D eigenvalue weighted by atomic mass is 10.1. The van der Waals surface area contributed by atoms with Gasteiger partial charge in [0.1, 0.15) is 5.52 Å². The van der Waals surface area contributed by atoms with Crippen LogP contribution in [-0.4, -0.2) is 22.9 Å². The summed E-state index contributed by atoms with van der Waals surface area (Å²) in [7, 11) is 0. The van der Waals surface area contributed by atoms with Crippen molar-refractivity contribution in [1.29, 1.82) is 0 Å². The van der Waals surface area contributed by atoms with Crippen LogP contribution in [0.5, 0.6) is 0 Å². The molecule has 0 bridgehead atoms. The Morgan fingerprint density at radius 3 is 2.81 bits per heavy atom. The van der Waals surface area contributed by atoms with E-state index in [0.29, 0.717) is 16.3 Å². The summed E-state index contributed by atoms with van der Waals surface area (Å²) in [5.41, 5.74) is 3.02. The molecule has 9 heteroatoms. The van der Waals surface area contributed by atoms with E-state index in [2.05, 4.69) is 15.5 Å². The second-order valence-corrected chi connectivity index (χ2v) is 6.08. The summed E-state index contributed by atoms with van der Waals surface area (Å²) in [6.07, 6.45) is -3.28. The van der Waals surface area contributed by atoms with Gasteiger partial charge in [0.2, 0.25) is 0 Å². The van der Waals surface area contributed by atoms with Crippen LogP contribution in [0.15, 0.2) is 63.3 Å². The fourth-order valence-electron chi connectivity index (χ4n) is 2.05. The lowest BCUT2D eigenvalue weighted by molar-refractivity contribution is -0.137. The third kappa shape index (κ3) is 4.63. The van der Waals surface area contributed by atoms with Gasteiger partial charge in [-0.1, -0.05) is 36.0 Å². The standard InChI is InChI=1S/C17H12F3N3O2S/c18-17(19,20)12-5-3-4-11(8-12)9-21-23-15(24)10-26-16-22-13-6-1-2-7-14(13)25-16/h1-9H,10H2,(H,23,24)/b21-9-. The molecule has 3 aromatic rings. The maximum atomic E-state index is 12.6. The van der Waals surface area contributed by atoms with E-state index in [4.69, 9.17) is 4.42 Å². The fourth-order valence-corrected chi connectivity index (χ4v) is 2.68. The predicted molar refractivity (Wildman–Crippen MR) is 91.9 cm³/mol. The van der Waals surface area contributed by atoms with Gasteiger partial charge in [-0.2, -0.15) is 18.3 Å². The van der Waals surface area contributed by atoms with Gasteiger partial charge in [0.15, 0.2) is 5.58 Å². The molecule has 134 valence electrons. The van der Waals surface area contributed by atoms with Crippen molar-refractivity contribution in [2.75, 3.05) is 5.75 Å². The Balaban J connectivity index is 1.53. The van der Waals surface area contributed by atoms with Crippen LogP contribution in [0.25, 0.3) is 11.1 Å². The summed E-state index contributed by atoms with van der Waals surface area (Å²) in [6.45, 7) is 0. The molecule has 0 saturated heterocycles. The normalized spacial score (nSPS) is 12.0. The number of nitrogens with one attached hydrogen (secondary N) is 1. The molecule has 0 saturated carbocycles. The number of fused-ring (bicyclic) bond motifs is 1. The molecule has 0 aliphatic heterocycles.